The summed E-state index contributed by atoms with van der Waals surface area (Å²) in [5.41, 5.74) is 2.48. The number of benzene rings is 3. The Kier molecular flexibility index (Phi) is 5.64. The Bertz CT molecular complexity index is 1990. The summed E-state index contributed by atoms with van der Waals surface area (Å²) in [6, 6.07) is 25.3. The van der Waals surface area contributed by atoms with Crippen molar-refractivity contribution in [2.75, 3.05) is 0 Å². The fourth-order valence-electron chi connectivity index (χ4n) is 4.34. The van der Waals surface area contributed by atoms with Gasteiger partial charge < -0.3 is 8.98 Å². The van der Waals surface area contributed by atoms with Crippen LogP contribution in [0.25, 0.3) is 50.3 Å². The minimum absolute atomic E-state index is 0.00260. The predicted octanol–water partition coefficient (Wildman–Crippen LogP) is 6.83. The van der Waals surface area contributed by atoms with Crippen molar-refractivity contribution < 1.29 is 9.34 Å². The maximum atomic E-state index is 12.8. The molecule has 8 nitrogen and oxygen atoms in total. The fraction of sp³-hybridized carbons (Fsp3) is 0. The summed E-state index contributed by atoms with van der Waals surface area (Å²) in [4.78, 5) is 27.9. The van der Waals surface area contributed by atoms with Gasteiger partial charge in [0.2, 0.25) is 0 Å². The minimum atomic E-state index is -0.501. The van der Waals surface area contributed by atoms with Gasteiger partial charge in [-0.3, -0.25) is 10.1 Å². The fourth-order valence-corrected chi connectivity index (χ4v) is 5.13. The number of rotatable bonds is 5. The standard InChI is InChI=1S/C29H16N4O4S/c30-16-19(14-22-5-3-13-32(22)20-8-10-21(11-9-20)33(35)36)28-31-26(17-38-28)25-15-24-23-6-2-1-4-18(23)7-12-27(24)37-29(25)34/h1-15,17H/b19-14-. The zero-order valence-electron chi connectivity index (χ0n) is 19.6. The number of nitriles is 1. The third kappa shape index (κ3) is 4.05. The van der Waals surface area contributed by atoms with Gasteiger partial charge in [-0.05, 0) is 53.2 Å². The molecule has 0 aliphatic heterocycles. The third-order valence-electron chi connectivity index (χ3n) is 6.18. The Morgan fingerprint density at radius 2 is 1.87 bits per heavy atom. The quantitative estimate of drug-likeness (QED) is 0.0815. The van der Waals surface area contributed by atoms with Crippen molar-refractivity contribution in [3.8, 4) is 23.0 Å². The van der Waals surface area contributed by atoms with E-state index in [9.17, 15) is 20.2 Å². The van der Waals surface area contributed by atoms with Crippen molar-refractivity contribution in [3.63, 3.8) is 0 Å². The lowest BCUT2D eigenvalue weighted by Crippen LogP contribution is -2.03. The molecule has 182 valence electrons. The lowest BCUT2D eigenvalue weighted by atomic mass is 10.0. The molecule has 0 radical (unpaired) electrons. The van der Waals surface area contributed by atoms with Crippen LogP contribution in [0.15, 0.2) is 99.7 Å². The van der Waals surface area contributed by atoms with E-state index in [1.807, 2.05) is 47.0 Å². The molecule has 0 N–H and O–H groups in total. The number of nitrogens with zero attached hydrogens (tertiary/aromatic N) is 4. The van der Waals surface area contributed by atoms with E-state index in [0.717, 1.165) is 16.2 Å². The molecule has 0 bridgehead atoms. The van der Waals surface area contributed by atoms with Gasteiger partial charge in [-0.15, -0.1) is 11.3 Å². The molecular formula is C29H16N4O4S. The highest BCUT2D eigenvalue weighted by atomic mass is 32.1. The highest BCUT2D eigenvalue weighted by molar-refractivity contribution is 7.11. The van der Waals surface area contributed by atoms with Crippen LogP contribution in [-0.4, -0.2) is 14.5 Å². The molecule has 6 aromatic rings. The molecule has 3 heterocycles. The van der Waals surface area contributed by atoms with E-state index in [-0.39, 0.29) is 5.69 Å². The van der Waals surface area contributed by atoms with Crippen LogP contribution < -0.4 is 5.63 Å². The molecule has 0 atom stereocenters. The molecule has 38 heavy (non-hydrogen) atoms. The number of aromatic nitrogens is 2. The summed E-state index contributed by atoms with van der Waals surface area (Å²) >= 11 is 1.26. The second kappa shape index (κ2) is 9.28. The Balaban J connectivity index is 1.39. The second-order valence-corrected chi connectivity index (χ2v) is 9.29. The Labute approximate surface area is 219 Å². The monoisotopic (exact) mass is 516 g/mol. The van der Waals surface area contributed by atoms with Crippen LogP contribution in [0.3, 0.4) is 0 Å². The molecule has 0 fully saturated rings. The number of allylic oxidation sites excluding steroid dienone is 1. The molecule has 0 spiro atoms. The average molecular weight is 517 g/mol. The zero-order valence-corrected chi connectivity index (χ0v) is 20.4. The van der Waals surface area contributed by atoms with Crippen LogP contribution in [0.1, 0.15) is 10.7 Å². The smallest absolute Gasteiger partial charge is 0.345 e. The van der Waals surface area contributed by atoms with Gasteiger partial charge in [0.25, 0.3) is 5.69 Å². The summed E-state index contributed by atoms with van der Waals surface area (Å²) in [5.74, 6) is 0. The summed E-state index contributed by atoms with van der Waals surface area (Å²) in [7, 11) is 0. The van der Waals surface area contributed by atoms with E-state index in [0.29, 0.717) is 38.8 Å². The first-order valence-electron chi connectivity index (χ1n) is 11.5. The number of non-ortho nitro benzene ring substituents is 1. The van der Waals surface area contributed by atoms with Crippen LogP contribution in [-0.2, 0) is 0 Å². The second-order valence-electron chi connectivity index (χ2n) is 8.43. The highest BCUT2D eigenvalue weighted by Crippen LogP contribution is 2.30. The van der Waals surface area contributed by atoms with Crippen LogP contribution >= 0.6 is 11.3 Å². The highest BCUT2D eigenvalue weighted by Gasteiger charge is 2.16. The van der Waals surface area contributed by atoms with E-state index >= 15 is 0 Å². The number of nitro groups is 1. The van der Waals surface area contributed by atoms with Crippen molar-refractivity contribution in [1.29, 1.82) is 5.26 Å². The molecule has 0 unspecified atom stereocenters. The Morgan fingerprint density at radius 1 is 1.05 bits per heavy atom. The molecule has 0 saturated carbocycles. The van der Waals surface area contributed by atoms with E-state index in [1.165, 1.54) is 23.5 Å². The molecule has 3 aromatic heterocycles. The van der Waals surface area contributed by atoms with Gasteiger partial charge in [0.05, 0.1) is 21.8 Å². The average Bonchev–Trinajstić information content (AvgIpc) is 3.61. The number of hydrogen-bond acceptors (Lipinski definition) is 7. The van der Waals surface area contributed by atoms with Crippen LogP contribution in [0, 0.1) is 21.4 Å². The lowest BCUT2D eigenvalue weighted by molar-refractivity contribution is -0.384. The first-order valence-corrected chi connectivity index (χ1v) is 12.4. The van der Waals surface area contributed by atoms with E-state index in [1.54, 1.807) is 41.9 Å². The molecule has 6 rings (SSSR count). The van der Waals surface area contributed by atoms with Crippen molar-refractivity contribution in [2.24, 2.45) is 0 Å². The number of thiazole rings is 1. The van der Waals surface area contributed by atoms with E-state index in [4.69, 9.17) is 4.42 Å². The van der Waals surface area contributed by atoms with Crippen LogP contribution in [0.2, 0.25) is 0 Å². The van der Waals surface area contributed by atoms with Gasteiger partial charge in [-0.25, -0.2) is 9.78 Å². The topological polar surface area (TPSA) is 115 Å². The lowest BCUT2D eigenvalue weighted by Gasteiger charge is -2.06. The van der Waals surface area contributed by atoms with Crippen LogP contribution in [0.5, 0.6) is 0 Å². The van der Waals surface area contributed by atoms with Gasteiger partial charge in [0.15, 0.2) is 0 Å². The predicted molar refractivity (Wildman–Crippen MR) is 147 cm³/mol. The molecule has 0 amide bonds. The molecular weight excluding hydrogens is 500 g/mol. The SMILES string of the molecule is N#C/C(=C/c1cccn1-c1ccc([N+](=O)[O-])cc1)c1nc(-c2cc3c(ccc4ccccc43)oc2=O)cs1. The molecule has 0 aliphatic rings. The maximum absolute atomic E-state index is 12.8. The van der Waals surface area contributed by atoms with Crippen LogP contribution in [0.4, 0.5) is 5.69 Å². The summed E-state index contributed by atoms with van der Waals surface area (Å²) in [6.07, 6.45) is 3.50. The van der Waals surface area contributed by atoms with Gasteiger partial charge in [0, 0.05) is 40.5 Å². The van der Waals surface area contributed by atoms with Crippen molar-refractivity contribution >= 4 is 50.4 Å². The molecule has 0 aliphatic carbocycles. The first-order chi connectivity index (χ1) is 18.5. The summed E-state index contributed by atoms with van der Waals surface area (Å²) in [6.45, 7) is 0. The summed E-state index contributed by atoms with van der Waals surface area (Å²) in [5, 5.41) is 25.9. The van der Waals surface area contributed by atoms with Gasteiger partial charge >= 0.3 is 5.63 Å². The van der Waals surface area contributed by atoms with E-state index < -0.39 is 10.5 Å². The van der Waals surface area contributed by atoms with E-state index in [2.05, 4.69) is 11.1 Å². The Hall–Kier alpha value is -5.33. The minimum Gasteiger partial charge on any atom is -0.422 e. The molecule has 9 heteroatoms. The summed E-state index contributed by atoms with van der Waals surface area (Å²) < 4.78 is 7.43. The largest absolute Gasteiger partial charge is 0.422 e. The third-order valence-corrected chi connectivity index (χ3v) is 7.06. The van der Waals surface area contributed by atoms with Crippen molar-refractivity contribution in [2.45, 2.75) is 0 Å². The normalized spacial score (nSPS) is 11.6. The first kappa shape index (κ1) is 23.1. The number of fused-ring (bicyclic) bond motifs is 3. The van der Waals surface area contributed by atoms with Gasteiger partial charge in [0.1, 0.15) is 16.7 Å². The zero-order chi connectivity index (χ0) is 26.2. The maximum Gasteiger partial charge on any atom is 0.345 e. The number of nitro benzene ring substituents is 1. The van der Waals surface area contributed by atoms with Gasteiger partial charge in [-0.2, -0.15) is 5.26 Å². The Morgan fingerprint density at radius 3 is 2.66 bits per heavy atom. The molecule has 3 aromatic carbocycles. The van der Waals surface area contributed by atoms with Gasteiger partial charge in [-0.1, -0.05) is 30.3 Å². The van der Waals surface area contributed by atoms with Crippen molar-refractivity contribution in [1.82, 2.24) is 9.55 Å². The number of hydrogen-bond donors (Lipinski definition) is 0. The van der Waals surface area contributed by atoms with Crippen molar-refractivity contribution in [3.05, 3.63) is 122 Å². The molecule has 0 saturated heterocycles.